The minimum absolute atomic E-state index is 0.133. The van der Waals surface area contributed by atoms with E-state index < -0.39 is 0 Å². The minimum Gasteiger partial charge on any atom is -0.370 e. The van der Waals surface area contributed by atoms with E-state index in [0.29, 0.717) is 0 Å². The van der Waals surface area contributed by atoms with Gasteiger partial charge in [-0.2, -0.15) is 0 Å². The lowest BCUT2D eigenvalue weighted by Crippen LogP contribution is -2.35. The average molecular weight is 295 g/mol. The van der Waals surface area contributed by atoms with Crippen molar-refractivity contribution >= 4 is 17.3 Å². The van der Waals surface area contributed by atoms with E-state index in [1.165, 1.54) is 24.1 Å². The lowest BCUT2D eigenvalue weighted by molar-refractivity contribution is 0.424. The maximum absolute atomic E-state index is 6.48. The fourth-order valence-corrected chi connectivity index (χ4v) is 2.86. The molecule has 2 rings (SSSR count). The van der Waals surface area contributed by atoms with Crippen LogP contribution in [0.3, 0.4) is 0 Å². The van der Waals surface area contributed by atoms with Gasteiger partial charge in [-0.1, -0.05) is 24.6 Å². The quantitative estimate of drug-likeness (QED) is 0.885. The van der Waals surface area contributed by atoms with Crippen molar-refractivity contribution < 1.29 is 0 Å². The molecule has 0 aliphatic carbocycles. The number of hydrogen-bond donors (Lipinski definition) is 1. The largest absolute Gasteiger partial charge is 0.370 e. The highest BCUT2D eigenvalue weighted by molar-refractivity contribution is 6.33. The minimum atomic E-state index is 0.133. The monoisotopic (exact) mass is 294 g/mol. The molecule has 1 aromatic rings. The number of anilines is 1. The topological polar surface area (TPSA) is 15.3 Å². The number of hydrogen-bond acceptors (Lipinski definition) is 2. The fourth-order valence-electron chi connectivity index (χ4n) is 2.53. The summed E-state index contributed by atoms with van der Waals surface area (Å²) in [5, 5.41) is 4.38. The Bertz CT molecular complexity index is 443. The molecule has 1 aliphatic rings. The first-order valence-electron chi connectivity index (χ1n) is 7.63. The van der Waals surface area contributed by atoms with Crippen LogP contribution in [-0.2, 0) is 6.54 Å². The molecule has 1 fully saturated rings. The zero-order valence-corrected chi connectivity index (χ0v) is 13.9. The van der Waals surface area contributed by atoms with Gasteiger partial charge in [-0.05, 0) is 57.2 Å². The predicted molar refractivity (Wildman–Crippen MR) is 88.7 cm³/mol. The standard InChI is InChI=1S/C17H27ClN2/c1-13-7-9-20(10-8-13)16-6-5-14(11-15(16)18)12-19-17(2,3)4/h5-6,11,13,19H,7-10,12H2,1-4H3. The second kappa shape index (κ2) is 6.36. The summed E-state index contributed by atoms with van der Waals surface area (Å²) < 4.78 is 0. The van der Waals surface area contributed by atoms with Crippen LogP contribution in [0.5, 0.6) is 0 Å². The molecule has 0 spiro atoms. The van der Waals surface area contributed by atoms with Crippen LogP contribution < -0.4 is 10.2 Å². The van der Waals surface area contributed by atoms with Crippen molar-refractivity contribution in [3.05, 3.63) is 28.8 Å². The average Bonchev–Trinajstić information content (AvgIpc) is 2.37. The van der Waals surface area contributed by atoms with E-state index in [4.69, 9.17) is 11.6 Å². The highest BCUT2D eigenvalue weighted by Crippen LogP contribution is 2.30. The zero-order chi connectivity index (χ0) is 14.8. The Kier molecular flexibility index (Phi) is 4.98. The first-order valence-corrected chi connectivity index (χ1v) is 8.01. The van der Waals surface area contributed by atoms with Crippen LogP contribution in [0.15, 0.2) is 18.2 Å². The number of piperidine rings is 1. The van der Waals surface area contributed by atoms with E-state index in [-0.39, 0.29) is 5.54 Å². The summed E-state index contributed by atoms with van der Waals surface area (Å²) in [6.07, 6.45) is 2.54. The van der Waals surface area contributed by atoms with Crippen molar-refractivity contribution in [1.29, 1.82) is 0 Å². The van der Waals surface area contributed by atoms with E-state index in [9.17, 15) is 0 Å². The van der Waals surface area contributed by atoms with Gasteiger partial charge in [0.2, 0.25) is 0 Å². The summed E-state index contributed by atoms with van der Waals surface area (Å²) in [5.41, 5.74) is 2.57. The molecular formula is C17H27ClN2. The van der Waals surface area contributed by atoms with Gasteiger partial charge in [0.15, 0.2) is 0 Å². The van der Waals surface area contributed by atoms with Crippen molar-refractivity contribution in [2.45, 2.75) is 52.6 Å². The normalized spacial score (nSPS) is 17.6. The van der Waals surface area contributed by atoms with Crippen LogP contribution in [0, 0.1) is 5.92 Å². The molecule has 0 aromatic heterocycles. The van der Waals surface area contributed by atoms with Crippen molar-refractivity contribution in [2.75, 3.05) is 18.0 Å². The third-order valence-corrected chi connectivity index (χ3v) is 4.26. The van der Waals surface area contributed by atoms with Crippen LogP contribution in [0.4, 0.5) is 5.69 Å². The fraction of sp³-hybridized carbons (Fsp3) is 0.647. The molecule has 1 saturated heterocycles. The molecule has 1 N–H and O–H groups in total. The van der Waals surface area contributed by atoms with Gasteiger partial charge < -0.3 is 10.2 Å². The second-order valence-corrected chi connectivity index (χ2v) is 7.47. The van der Waals surface area contributed by atoms with Gasteiger partial charge >= 0.3 is 0 Å². The van der Waals surface area contributed by atoms with Gasteiger partial charge in [0.25, 0.3) is 0 Å². The SMILES string of the molecule is CC1CCN(c2ccc(CNC(C)(C)C)cc2Cl)CC1. The smallest absolute Gasteiger partial charge is 0.0642 e. The van der Waals surface area contributed by atoms with E-state index in [1.807, 2.05) is 0 Å². The number of nitrogens with one attached hydrogen (secondary N) is 1. The number of benzene rings is 1. The molecule has 0 unspecified atom stereocenters. The number of rotatable bonds is 3. The maximum Gasteiger partial charge on any atom is 0.0642 e. The summed E-state index contributed by atoms with van der Waals surface area (Å²) in [4.78, 5) is 2.42. The van der Waals surface area contributed by atoms with E-state index in [1.54, 1.807) is 0 Å². The third kappa shape index (κ3) is 4.39. The molecule has 3 heteroatoms. The van der Waals surface area contributed by atoms with Gasteiger partial charge in [0, 0.05) is 25.2 Å². The van der Waals surface area contributed by atoms with Crippen LogP contribution in [0.25, 0.3) is 0 Å². The lowest BCUT2D eigenvalue weighted by Gasteiger charge is -2.33. The van der Waals surface area contributed by atoms with Crippen molar-refractivity contribution in [3.63, 3.8) is 0 Å². The summed E-state index contributed by atoms with van der Waals surface area (Å²) in [7, 11) is 0. The van der Waals surface area contributed by atoms with Gasteiger partial charge in [0.1, 0.15) is 0 Å². The Hall–Kier alpha value is -0.730. The maximum atomic E-state index is 6.48. The van der Waals surface area contributed by atoms with Crippen molar-refractivity contribution in [2.24, 2.45) is 5.92 Å². The highest BCUT2D eigenvalue weighted by atomic mass is 35.5. The van der Waals surface area contributed by atoms with Crippen molar-refractivity contribution in [3.8, 4) is 0 Å². The number of halogens is 1. The Morgan fingerprint density at radius 2 is 1.90 bits per heavy atom. The molecule has 0 saturated carbocycles. The summed E-state index contributed by atoms with van der Waals surface area (Å²) in [6, 6.07) is 6.48. The summed E-state index contributed by atoms with van der Waals surface area (Å²) in [6.45, 7) is 12.0. The first kappa shape index (κ1) is 15.7. The molecule has 1 aromatic carbocycles. The Morgan fingerprint density at radius 3 is 2.45 bits per heavy atom. The van der Waals surface area contributed by atoms with Gasteiger partial charge in [0.05, 0.1) is 10.7 Å². The van der Waals surface area contributed by atoms with E-state index in [2.05, 4.69) is 56.1 Å². The van der Waals surface area contributed by atoms with Crippen LogP contribution in [0.1, 0.15) is 46.1 Å². The van der Waals surface area contributed by atoms with E-state index in [0.717, 1.165) is 30.6 Å². The summed E-state index contributed by atoms with van der Waals surface area (Å²) in [5.74, 6) is 0.847. The summed E-state index contributed by atoms with van der Waals surface area (Å²) >= 11 is 6.48. The van der Waals surface area contributed by atoms with E-state index >= 15 is 0 Å². The molecule has 0 bridgehead atoms. The molecule has 0 atom stereocenters. The lowest BCUT2D eigenvalue weighted by atomic mass is 9.98. The van der Waals surface area contributed by atoms with Gasteiger partial charge in [-0.15, -0.1) is 0 Å². The molecule has 0 amide bonds. The molecule has 1 heterocycles. The van der Waals surface area contributed by atoms with Crippen LogP contribution in [0.2, 0.25) is 5.02 Å². The zero-order valence-electron chi connectivity index (χ0n) is 13.2. The molecule has 1 aliphatic heterocycles. The van der Waals surface area contributed by atoms with Crippen LogP contribution in [-0.4, -0.2) is 18.6 Å². The molecular weight excluding hydrogens is 268 g/mol. The molecule has 112 valence electrons. The number of nitrogens with zero attached hydrogens (tertiary/aromatic N) is 1. The second-order valence-electron chi connectivity index (χ2n) is 7.06. The predicted octanol–water partition coefficient (Wildman–Crippen LogP) is 4.46. The Balaban J connectivity index is 2.02. The van der Waals surface area contributed by atoms with Gasteiger partial charge in [-0.25, -0.2) is 0 Å². The van der Waals surface area contributed by atoms with Crippen molar-refractivity contribution in [1.82, 2.24) is 5.32 Å². The highest BCUT2D eigenvalue weighted by Gasteiger charge is 2.18. The molecule has 20 heavy (non-hydrogen) atoms. The van der Waals surface area contributed by atoms with Gasteiger partial charge in [-0.3, -0.25) is 0 Å². The first-order chi connectivity index (χ1) is 9.35. The molecule has 0 radical (unpaired) electrons. The Labute approximate surface area is 128 Å². The molecule has 2 nitrogen and oxygen atoms in total. The Morgan fingerprint density at radius 1 is 1.25 bits per heavy atom. The third-order valence-electron chi connectivity index (χ3n) is 3.96. The van der Waals surface area contributed by atoms with Crippen LogP contribution >= 0.6 is 11.6 Å².